The number of para-hydroxylation sites is 1. The number of hydrogen-bond donors (Lipinski definition) is 1. The molecule has 0 atom stereocenters. The summed E-state index contributed by atoms with van der Waals surface area (Å²) in [6.45, 7) is 0. The summed E-state index contributed by atoms with van der Waals surface area (Å²) >= 11 is 8.94. The molecule has 0 radical (unpaired) electrons. The van der Waals surface area contributed by atoms with Crippen LogP contribution in [0.5, 0.6) is 11.5 Å². The molecule has 0 saturated carbocycles. The third-order valence-corrected chi connectivity index (χ3v) is 3.21. The van der Waals surface area contributed by atoms with E-state index in [1.54, 1.807) is 0 Å². The number of ether oxygens (including phenoxy) is 1. The van der Waals surface area contributed by atoms with Crippen LogP contribution in [0.3, 0.4) is 0 Å². The molecule has 6 heteroatoms. The number of carboxylic acid groups (broad SMARTS) is 1. The van der Waals surface area contributed by atoms with Crippen LogP contribution in [-0.2, 0) is 0 Å². The Bertz CT molecular complexity index is 646. The predicted octanol–water partition coefficient (Wildman–Crippen LogP) is 4.73. The van der Waals surface area contributed by atoms with Crippen molar-refractivity contribution < 1.29 is 19.0 Å². The summed E-state index contributed by atoms with van der Waals surface area (Å²) in [7, 11) is 0. The molecular formula is C13H7BrClFO3. The summed E-state index contributed by atoms with van der Waals surface area (Å²) in [5, 5.41) is 9.23. The molecule has 0 aliphatic heterocycles. The maximum atomic E-state index is 13.1. The third-order valence-electron chi connectivity index (χ3n) is 2.31. The van der Waals surface area contributed by atoms with E-state index >= 15 is 0 Å². The normalized spacial score (nSPS) is 10.3. The molecule has 0 amide bonds. The molecule has 98 valence electrons. The molecule has 0 bridgehead atoms. The van der Waals surface area contributed by atoms with Crippen LogP contribution in [0.2, 0.25) is 5.02 Å². The topological polar surface area (TPSA) is 46.5 Å². The zero-order valence-corrected chi connectivity index (χ0v) is 11.7. The van der Waals surface area contributed by atoms with Crippen molar-refractivity contribution in [3.63, 3.8) is 0 Å². The average molecular weight is 346 g/mol. The second kappa shape index (κ2) is 5.59. The van der Waals surface area contributed by atoms with E-state index in [1.807, 2.05) is 0 Å². The van der Waals surface area contributed by atoms with Crippen LogP contribution in [0.4, 0.5) is 4.39 Å². The monoisotopic (exact) mass is 344 g/mol. The summed E-state index contributed by atoms with van der Waals surface area (Å²) in [5.41, 5.74) is -0.0621. The maximum Gasteiger partial charge on any atom is 0.339 e. The summed E-state index contributed by atoms with van der Waals surface area (Å²) in [4.78, 5) is 11.1. The van der Waals surface area contributed by atoms with Crippen molar-refractivity contribution in [1.82, 2.24) is 0 Å². The Kier molecular flexibility index (Phi) is 4.07. The molecule has 0 aromatic heterocycles. The Balaban J connectivity index is 2.42. The first kappa shape index (κ1) is 13.8. The van der Waals surface area contributed by atoms with Gasteiger partial charge in [0.2, 0.25) is 0 Å². The number of benzene rings is 2. The first-order valence-corrected chi connectivity index (χ1v) is 6.31. The van der Waals surface area contributed by atoms with E-state index in [9.17, 15) is 9.18 Å². The standard InChI is InChI=1S/C13H7BrClFO3/c14-9-6-7(4-5-11(9)16)19-12-8(13(17)18)2-1-3-10(12)15/h1-6H,(H,17,18). The highest BCUT2D eigenvalue weighted by Gasteiger charge is 2.15. The fourth-order valence-electron chi connectivity index (χ4n) is 1.44. The van der Waals surface area contributed by atoms with E-state index in [4.69, 9.17) is 21.4 Å². The van der Waals surface area contributed by atoms with Crippen LogP contribution >= 0.6 is 27.5 Å². The molecular weight excluding hydrogens is 338 g/mol. The van der Waals surface area contributed by atoms with Gasteiger partial charge in [0.1, 0.15) is 17.1 Å². The molecule has 2 aromatic rings. The molecule has 3 nitrogen and oxygen atoms in total. The van der Waals surface area contributed by atoms with Crippen molar-refractivity contribution in [2.45, 2.75) is 0 Å². The molecule has 0 spiro atoms. The zero-order valence-electron chi connectivity index (χ0n) is 9.36. The molecule has 1 N–H and O–H groups in total. The Morgan fingerprint density at radius 3 is 2.68 bits per heavy atom. The summed E-state index contributed by atoms with van der Waals surface area (Å²) in [6.07, 6.45) is 0. The van der Waals surface area contributed by atoms with Crippen LogP contribution in [0.25, 0.3) is 0 Å². The molecule has 0 heterocycles. The number of halogens is 3. The van der Waals surface area contributed by atoms with Gasteiger partial charge in [0.25, 0.3) is 0 Å². The van der Waals surface area contributed by atoms with Crippen LogP contribution in [0.1, 0.15) is 10.4 Å². The molecule has 0 fully saturated rings. The quantitative estimate of drug-likeness (QED) is 0.874. The largest absolute Gasteiger partial charge is 0.478 e. The molecule has 0 saturated heterocycles. The lowest BCUT2D eigenvalue weighted by Crippen LogP contribution is -2.00. The van der Waals surface area contributed by atoms with E-state index in [2.05, 4.69) is 15.9 Å². The summed E-state index contributed by atoms with van der Waals surface area (Å²) in [6, 6.07) is 8.39. The lowest BCUT2D eigenvalue weighted by Gasteiger charge is -2.10. The minimum Gasteiger partial charge on any atom is -0.478 e. The molecule has 0 unspecified atom stereocenters. The summed E-state index contributed by atoms with van der Waals surface area (Å²) in [5.74, 6) is -1.29. The van der Waals surface area contributed by atoms with Gasteiger partial charge in [0.15, 0.2) is 5.75 Å². The van der Waals surface area contributed by atoms with Gasteiger partial charge >= 0.3 is 5.97 Å². The molecule has 0 aliphatic rings. The van der Waals surface area contributed by atoms with E-state index < -0.39 is 11.8 Å². The van der Waals surface area contributed by atoms with E-state index in [0.29, 0.717) is 0 Å². The Morgan fingerprint density at radius 2 is 2.05 bits per heavy atom. The van der Waals surface area contributed by atoms with Gasteiger partial charge in [-0.2, -0.15) is 0 Å². The van der Waals surface area contributed by atoms with E-state index in [-0.39, 0.29) is 26.6 Å². The van der Waals surface area contributed by atoms with Gasteiger partial charge in [-0.15, -0.1) is 0 Å². The molecule has 2 aromatic carbocycles. The second-order valence-corrected chi connectivity index (χ2v) is 4.86. The minimum atomic E-state index is -1.15. The zero-order chi connectivity index (χ0) is 14.0. The van der Waals surface area contributed by atoms with Gasteiger partial charge in [-0.3, -0.25) is 0 Å². The van der Waals surface area contributed by atoms with Gasteiger partial charge in [-0.05, 0) is 46.3 Å². The van der Waals surface area contributed by atoms with Crippen molar-refractivity contribution in [2.24, 2.45) is 0 Å². The van der Waals surface area contributed by atoms with Crippen LogP contribution in [0.15, 0.2) is 40.9 Å². The number of carboxylic acids is 1. The van der Waals surface area contributed by atoms with Crippen molar-refractivity contribution in [3.8, 4) is 11.5 Å². The van der Waals surface area contributed by atoms with Gasteiger partial charge in [0.05, 0.1) is 9.50 Å². The Hall–Kier alpha value is -1.59. The third kappa shape index (κ3) is 3.05. The van der Waals surface area contributed by atoms with Crippen molar-refractivity contribution in [2.75, 3.05) is 0 Å². The molecule has 2 rings (SSSR count). The van der Waals surface area contributed by atoms with Crippen molar-refractivity contribution in [1.29, 1.82) is 0 Å². The highest BCUT2D eigenvalue weighted by Crippen LogP contribution is 2.34. The first-order valence-electron chi connectivity index (χ1n) is 5.13. The maximum absolute atomic E-state index is 13.1. The highest BCUT2D eigenvalue weighted by atomic mass is 79.9. The van der Waals surface area contributed by atoms with Gasteiger partial charge in [-0.1, -0.05) is 17.7 Å². The average Bonchev–Trinajstić information content (AvgIpc) is 2.36. The van der Waals surface area contributed by atoms with Crippen LogP contribution in [0, 0.1) is 5.82 Å². The SMILES string of the molecule is O=C(O)c1cccc(Cl)c1Oc1ccc(F)c(Br)c1. The number of carbonyl (C=O) groups is 1. The first-order chi connectivity index (χ1) is 8.99. The summed E-state index contributed by atoms with van der Waals surface area (Å²) < 4.78 is 18.7. The predicted molar refractivity (Wildman–Crippen MR) is 72.6 cm³/mol. The highest BCUT2D eigenvalue weighted by molar-refractivity contribution is 9.10. The van der Waals surface area contributed by atoms with Crippen LogP contribution in [-0.4, -0.2) is 11.1 Å². The van der Waals surface area contributed by atoms with E-state index in [0.717, 1.165) is 0 Å². The Labute approximate surface area is 121 Å². The van der Waals surface area contributed by atoms with Gasteiger partial charge in [-0.25, -0.2) is 9.18 Å². The lowest BCUT2D eigenvalue weighted by atomic mass is 10.2. The van der Waals surface area contributed by atoms with E-state index in [1.165, 1.54) is 36.4 Å². The van der Waals surface area contributed by atoms with Crippen molar-refractivity contribution in [3.05, 3.63) is 57.3 Å². The second-order valence-electron chi connectivity index (χ2n) is 3.60. The van der Waals surface area contributed by atoms with Crippen LogP contribution < -0.4 is 4.74 Å². The number of aromatic carboxylic acids is 1. The smallest absolute Gasteiger partial charge is 0.339 e. The number of hydrogen-bond acceptors (Lipinski definition) is 2. The molecule has 19 heavy (non-hydrogen) atoms. The lowest BCUT2D eigenvalue weighted by molar-refractivity contribution is 0.0694. The molecule has 0 aliphatic carbocycles. The fourth-order valence-corrected chi connectivity index (χ4v) is 2.01. The Morgan fingerprint density at radius 1 is 1.32 bits per heavy atom. The van der Waals surface area contributed by atoms with Crippen molar-refractivity contribution >= 4 is 33.5 Å². The van der Waals surface area contributed by atoms with Gasteiger partial charge in [0, 0.05) is 0 Å². The fraction of sp³-hybridized carbons (Fsp3) is 0. The van der Waals surface area contributed by atoms with Gasteiger partial charge < -0.3 is 9.84 Å². The minimum absolute atomic E-state index is 0.0233. The number of rotatable bonds is 3.